The van der Waals surface area contributed by atoms with Crippen LogP contribution in [0.25, 0.3) is 0 Å². The maximum atomic E-state index is 11.8. The fourth-order valence-corrected chi connectivity index (χ4v) is 1.51. The van der Waals surface area contributed by atoms with Gasteiger partial charge in [-0.3, -0.25) is 9.59 Å². The van der Waals surface area contributed by atoms with Crippen LogP contribution in [0.15, 0.2) is 30.3 Å². The summed E-state index contributed by atoms with van der Waals surface area (Å²) in [5.41, 5.74) is 0.847. The summed E-state index contributed by atoms with van der Waals surface area (Å²) in [6.07, 6.45) is 0. The predicted molar refractivity (Wildman–Crippen MR) is 64.5 cm³/mol. The Hall–Kier alpha value is -1.84. The van der Waals surface area contributed by atoms with Crippen LogP contribution in [-0.2, 0) is 14.3 Å². The lowest BCUT2D eigenvalue weighted by molar-refractivity contribution is -0.144. The molecule has 0 fully saturated rings. The molecule has 0 saturated carbocycles. The van der Waals surface area contributed by atoms with Crippen LogP contribution in [0.1, 0.15) is 25.3 Å². The molecule has 0 aliphatic rings. The Morgan fingerprint density at radius 2 is 1.94 bits per heavy atom. The number of benzene rings is 1. The van der Waals surface area contributed by atoms with Gasteiger partial charge < -0.3 is 10.1 Å². The van der Waals surface area contributed by atoms with Crippen LogP contribution in [0.2, 0.25) is 0 Å². The summed E-state index contributed by atoms with van der Waals surface area (Å²) in [4.78, 5) is 22.7. The summed E-state index contributed by atoms with van der Waals surface area (Å²) < 4.78 is 5.00. The van der Waals surface area contributed by atoms with Crippen LogP contribution in [0.3, 0.4) is 0 Å². The molecule has 4 nitrogen and oxygen atoms in total. The number of carbonyl (C=O) groups is 2. The summed E-state index contributed by atoms with van der Waals surface area (Å²) in [5.74, 6) is -0.914. The van der Waals surface area contributed by atoms with Gasteiger partial charge in [-0.05, 0) is 12.5 Å². The van der Waals surface area contributed by atoms with Gasteiger partial charge in [0.1, 0.15) is 0 Å². The maximum Gasteiger partial charge on any atom is 0.315 e. The van der Waals surface area contributed by atoms with E-state index in [1.54, 1.807) is 6.92 Å². The molecule has 92 valence electrons. The Morgan fingerprint density at radius 3 is 2.47 bits per heavy atom. The molecule has 0 saturated heterocycles. The zero-order valence-electron chi connectivity index (χ0n) is 10.1. The first-order chi connectivity index (χ1) is 8.15. The van der Waals surface area contributed by atoms with Crippen molar-refractivity contribution in [2.45, 2.75) is 19.8 Å². The second-order valence-electron chi connectivity index (χ2n) is 3.65. The third-order valence-corrected chi connectivity index (χ3v) is 2.33. The topological polar surface area (TPSA) is 55.4 Å². The largest absolute Gasteiger partial charge is 0.465 e. The van der Waals surface area contributed by atoms with Crippen LogP contribution in [0.5, 0.6) is 0 Å². The second kappa shape index (κ2) is 6.68. The monoisotopic (exact) mass is 235 g/mol. The van der Waals surface area contributed by atoms with E-state index in [1.165, 1.54) is 6.92 Å². The fraction of sp³-hybridized carbons (Fsp3) is 0.385. The molecule has 0 aliphatic carbocycles. The van der Waals surface area contributed by atoms with Crippen molar-refractivity contribution in [3.8, 4) is 0 Å². The van der Waals surface area contributed by atoms with E-state index in [9.17, 15) is 9.59 Å². The number of carbonyl (C=O) groups excluding carboxylic acids is 2. The molecular formula is C13H17NO3. The third kappa shape index (κ3) is 4.26. The van der Waals surface area contributed by atoms with Gasteiger partial charge in [-0.15, -0.1) is 0 Å². The van der Waals surface area contributed by atoms with Crippen molar-refractivity contribution in [2.75, 3.05) is 13.2 Å². The van der Waals surface area contributed by atoms with Gasteiger partial charge in [0.2, 0.25) is 5.91 Å². The first-order valence-corrected chi connectivity index (χ1v) is 5.61. The molecule has 17 heavy (non-hydrogen) atoms. The summed E-state index contributed by atoms with van der Waals surface area (Å²) in [6, 6.07) is 9.29. The van der Waals surface area contributed by atoms with Crippen LogP contribution >= 0.6 is 0 Å². The molecule has 1 aromatic carbocycles. The van der Waals surface area contributed by atoms with Crippen molar-refractivity contribution >= 4 is 11.9 Å². The summed E-state index contributed by atoms with van der Waals surface area (Å²) in [7, 11) is 0. The zero-order valence-corrected chi connectivity index (χ0v) is 10.1. The van der Waals surface area contributed by atoms with Crippen molar-refractivity contribution in [1.82, 2.24) is 5.32 Å². The van der Waals surface area contributed by atoms with Gasteiger partial charge in [0.15, 0.2) is 0 Å². The van der Waals surface area contributed by atoms with E-state index < -0.39 is 5.92 Å². The highest BCUT2D eigenvalue weighted by atomic mass is 16.5. The predicted octanol–water partition coefficient (Wildman–Crippen LogP) is 1.47. The average molecular weight is 235 g/mol. The molecule has 0 unspecified atom stereocenters. The SMILES string of the molecule is CCOC(=O)[C@H](CNC(C)=O)c1ccccc1. The van der Waals surface area contributed by atoms with Gasteiger partial charge >= 0.3 is 5.97 Å². The molecule has 1 aromatic rings. The minimum atomic E-state index is -0.444. The normalized spacial score (nSPS) is 11.6. The standard InChI is InChI=1S/C13H17NO3/c1-3-17-13(16)12(9-14-10(2)15)11-7-5-4-6-8-11/h4-8,12H,3,9H2,1-2H3,(H,14,15)/t12-/m1/s1. The van der Waals surface area contributed by atoms with Gasteiger partial charge in [0, 0.05) is 13.5 Å². The molecule has 0 bridgehead atoms. The lowest BCUT2D eigenvalue weighted by atomic mass is 9.99. The highest BCUT2D eigenvalue weighted by Crippen LogP contribution is 2.16. The summed E-state index contributed by atoms with van der Waals surface area (Å²) >= 11 is 0. The van der Waals surface area contributed by atoms with E-state index in [0.29, 0.717) is 6.61 Å². The molecule has 0 spiro atoms. The lowest BCUT2D eigenvalue weighted by Crippen LogP contribution is -2.31. The molecule has 1 atom stereocenters. The summed E-state index contributed by atoms with van der Waals surface area (Å²) in [5, 5.41) is 2.64. The van der Waals surface area contributed by atoms with Gasteiger partial charge in [0.05, 0.1) is 12.5 Å². The molecule has 0 radical (unpaired) electrons. The highest BCUT2D eigenvalue weighted by Gasteiger charge is 2.21. The van der Waals surface area contributed by atoms with E-state index >= 15 is 0 Å². The minimum absolute atomic E-state index is 0.157. The first-order valence-electron chi connectivity index (χ1n) is 5.61. The number of esters is 1. The number of amides is 1. The van der Waals surface area contributed by atoms with Gasteiger partial charge in [-0.25, -0.2) is 0 Å². The minimum Gasteiger partial charge on any atom is -0.465 e. The molecule has 0 heterocycles. The van der Waals surface area contributed by atoms with Crippen molar-refractivity contribution in [2.24, 2.45) is 0 Å². The van der Waals surface area contributed by atoms with Crippen LogP contribution < -0.4 is 5.32 Å². The first kappa shape index (κ1) is 13.2. The summed E-state index contributed by atoms with van der Waals surface area (Å²) in [6.45, 7) is 3.78. The van der Waals surface area contributed by atoms with Crippen molar-refractivity contribution in [1.29, 1.82) is 0 Å². The quantitative estimate of drug-likeness (QED) is 0.786. The van der Waals surface area contributed by atoms with Gasteiger partial charge in [-0.1, -0.05) is 30.3 Å². The van der Waals surface area contributed by atoms with Gasteiger partial charge in [0.25, 0.3) is 0 Å². The van der Waals surface area contributed by atoms with E-state index in [4.69, 9.17) is 4.74 Å². The molecule has 0 aliphatic heterocycles. The lowest BCUT2D eigenvalue weighted by Gasteiger charge is -2.16. The molecule has 1 N–H and O–H groups in total. The zero-order chi connectivity index (χ0) is 12.7. The third-order valence-electron chi connectivity index (χ3n) is 2.33. The van der Waals surface area contributed by atoms with Crippen molar-refractivity contribution in [3.05, 3.63) is 35.9 Å². The van der Waals surface area contributed by atoms with Crippen molar-refractivity contribution < 1.29 is 14.3 Å². The molecule has 1 amide bonds. The Morgan fingerprint density at radius 1 is 1.29 bits per heavy atom. The molecule has 4 heteroatoms. The number of rotatable bonds is 5. The van der Waals surface area contributed by atoms with E-state index in [2.05, 4.69) is 5.32 Å². The van der Waals surface area contributed by atoms with Crippen molar-refractivity contribution in [3.63, 3.8) is 0 Å². The Kier molecular flexibility index (Phi) is 5.20. The fourth-order valence-electron chi connectivity index (χ4n) is 1.51. The molecular weight excluding hydrogens is 218 g/mol. The smallest absolute Gasteiger partial charge is 0.315 e. The van der Waals surface area contributed by atoms with E-state index in [0.717, 1.165) is 5.56 Å². The van der Waals surface area contributed by atoms with Crippen LogP contribution in [0.4, 0.5) is 0 Å². The van der Waals surface area contributed by atoms with Crippen LogP contribution in [0, 0.1) is 0 Å². The van der Waals surface area contributed by atoms with E-state index in [-0.39, 0.29) is 18.4 Å². The Bertz CT molecular complexity index is 376. The number of hydrogen-bond donors (Lipinski definition) is 1. The Labute approximate surface area is 101 Å². The number of nitrogens with one attached hydrogen (secondary N) is 1. The van der Waals surface area contributed by atoms with Crippen LogP contribution in [-0.4, -0.2) is 25.0 Å². The van der Waals surface area contributed by atoms with Gasteiger partial charge in [-0.2, -0.15) is 0 Å². The number of ether oxygens (including phenoxy) is 1. The molecule has 0 aromatic heterocycles. The number of hydrogen-bond acceptors (Lipinski definition) is 3. The second-order valence-corrected chi connectivity index (χ2v) is 3.65. The highest BCUT2D eigenvalue weighted by molar-refractivity contribution is 5.80. The Balaban J connectivity index is 2.78. The molecule has 1 rings (SSSR count). The van der Waals surface area contributed by atoms with E-state index in [1.807, 2.05) is 30.3 Å². The maximum absolute atomic E-state index is 11.8. The average Bonchev–Trinajstić information content (AvgIpc) is 2.30.